The Hall–Kier alpha value is -4.15. The van der Waals surface area contributed by atoms with Gasteiger partial charge in [-0.05, 0) is 18.2 Å². The van der Waals surface area contributed by atoms with E-state index in [9.17, 15) is 33.7 Å². The molecule has 0 spiro atoms. The standard InChI is InChI=1S/C21H17FN4O6/c22-17-4-2-1-3-15(17)19(28)24-9-7-23(8-10-24)18(27)12-25-20(29)14-6-5-13(26(31)32)11-16(14)21(25)30/h1-6,11H,7-10,12H2. The number of hydrogen-bond acceptors (Lipinski definition) is 6. The predicted octanol–water partition coefficient (Wildman–Crippen LogP) is 1.31. The van der Waals surface area contributed by atoms with Crippen LogP contribution in [0.3, 0.4) is 0 Å². The fourth-order valence-electron chi connectivity index (χ4n) is 3.74. The lowest BCUT2D eigenvalue weighted by Gasteiger charge is -2.35. The van der Waals surface area contributed by atoms with Gasteiger partial charge in [-0.2, -0.15) is 0 Å². The molecule has 2 aromatic carbocycles. The molecule has 4 rings (SSSR count). The largest absolute Gasteiger partial charge is 0.338 e. The van der Waals surface area contributed by atoms with E-state index in [0.717, 1.165) is 17.0 Å². The lowest BCUT2D eigenvalue weighted by atomic mass is 10.1. The highest BCUT2D eigenvalue weighted by Gasteiger charge is 2.39. The highest BCUT2D eigenvalue weighted by Crippen LogP contribution is 2.27. The van der Waals surface area contributed by atoms with Gasteiger partial charge in [-0.3, -0.25) is 34.2 Å². The quantitative estimate of drug-likeness (QED) is 0.402. The monoisotopic (exact) mass is 440 g/mol. The first kappa shape index (κ1) is 21.1. The van der Waals surface area contributed by atoms with E-state index in [1.165, 1.54) is 34.1 Å². The molecule has 1 saturated heterocycles. The van der Waals surface area contributed by atoms with Crippen LogP contribution in [0.5, 0.6) is 0 Å². The lowest BCUT2D eigenvalue weighted by molar-refractivity contribution is -0.384. The molecular weight excluding hydrogens is 423 g/mol. The zero-order valence-corrected chi connectivity index (χ0v) is 16.7. The maximum atomic E-state index is 13.9. The molecule has 2 aromatic rings. The normalized spacial score (nSPS) is 15.7. The van der Waals surface area contributed by atoms with Gasteiger partial charge in [-0.1, -0.05) is 12.1 Å². The summed E-state index contributed by atoms with van der Waals surface area (Å²) in [5, 5.41) is 10.9. The van der Waals surface area contributed by atoms with Gasteiger partial charge in [0.1, 0.15) is 12.4 Å². The van der Waals surface area contributed by atoms with Crippen LogP contribution >= 0.6 is 0 Å². The second-order valence-electron chi connectivity index (χ2n) is 7.34. The van der Waals surface area contributed by atoms with Crippen LogP contribution in [0.25, 0.3) is 0 Å². The third-order valence-electron chi connectivity index (χ3n) is 5.48. The molecule has 0 aromatic heterocycles. The lowest BCUT2D eigenvalue weighted by Crippen LogP contribution is -2.53. The first-order valence-corrected chi connectivity index (χ1v) is 9.74. The molecule has 0 radical (unpaired) electrons. The van der Waals surface area contributed by atoms with Crippen molar-refractivity contribution in [2.75, 3.05) is 32.7 Å². The number of carbonyl (C=O) groups excluding carboxylic acids is 4. The molecule has 1 fully saturated rings. The summed E-state index contributed by atoms with van der Waals surface area (Å²) >= 11 is 0. The number of nitro benzene ring substituents is 1. The van der Waals surface area contributed by atoms with Gasteiger partial charge in [0.2, 0.25) is 5.91 Å². The van der Waals surface area contributed by atoms with E-state index in [0.29, 0.717) is 0 Å². The molecule has 11 heteroatoms. The number of amides is 4. The molecule has 2 aliphatic heterocycles. The van der Waals surface area contributed by atoms with Gasteiger partial charge < -0.3 is 9.80 Å². The summed E-state index contributed by atoms with van der Waals surface area (Å²) in [6.07, 6.45) is 0. The number of non-ortho nitro benzene ring substituents is 1. The molecule has 0 unspecified atom stereocenters. The van der Waals surface area contributed by atoms with Crippen molar-refractivity contribution in [3.05, 3.63) is 75.1 Å². The maximum absolute atomic E-state index is 13.9. The first-order valence-electron chi connectivity index (χ1n) is 9.74. The van der Waals surface area contributed by atoms with Crippen LogP contribution in [-0.2, 0) is 4.79 Å². The van der Waals surface area contributed by atoms with Gasteiger partial charge in [-0.15, -0.1) is 0 Å². The number of piperazine rings is 1. The number of halogens is 1. The Bertz CT molecular complexity index is 1160. The molecule has 0 aliphatic carbocycles. The minimum absolute atomic E-state index is 0.00806. The Balaban J connectivity index is 1.39. The van der Waals surface area contributed by atoms with Crippen LogP contribution in [-0.4, -0.2) is 76.0 Å². The summed E-state index contributed by atoms with van der Waals surface area (Å²) in [4.78, 5) is 64.1. The topological polar surface area (TPSA) is 121 Å². The Labute approximate surface area is 181 Å². The third-order valence-corrected chi connectivity index (χ3v) is 5.48. The van der Waals surface area contributed by atoms with Crippen molar-refractivity contribution >= 4 is 29.3 Å². The SMILES string of the molecule is O=C(CN1C(=O)c2ccc([N+](=O)[O-])cc2C1=O)N1CCN(C(=O)c2ccccc2F)CC1. The van der Waals surface area contributed by atoms with Crippen molar-refractivity contribution in [3.8, 4) is 0 Å². The number of carbonyl (C=O) groups is 4. The highest BCUT2D eigenvalue weighted by molar-refractivity contribution is 6.22. The molecule has 0 bridgehead atoms. The van der Waals surface area contributed by atoms with Gasteiger partial charge in [0.25, 0.3) is 23.4 Å². The molecule has 2 heterocycles. The summed E-state index contributed by atoms with van der Waals surface area (Å²) < 4.78 is 13.9. The number of hydrogen-bond donors (Lipinski definition) is 0. The number of rotatable bonds is 4. The van der Waals surface area contributed by atoms with Crippen molar-refractivity contribution in [2.45, 2.75) is 0 Å². The summed E-state index contributed by atoms with van der Waals surface area (Å²) in [5.41, 5.74) is -0.480. The van der Waals surface area contributed by atoms with Crippen molar-refractivity contribution in [1.82, 2.24) is 14.7 Å². The predicted molar refractivity (Wildman–Crippen MR) is 107 cm³/mol. The van der Waals surface area contributed by atoms with Crippen molar-refractivity contribution in [2.24, 2.45) is 0 Å². The van der Waals surface area contributed by atoms with Crippen LogP contribution < -0.4 is 0 Å². The Morgan fingerprint density at radius 3 is 2.22 bits per heavy atom. The van der Waals surface area contributed by atoms with Gasteiger partial charge in [0, 0.05) is 38.3 Å². The van der Waals surface area contributed by atoms with Crippen LogP contribution in [0.2, 0.25) is 0 Å². The molecule has 2 aliphatic rings. The summed E-state index contributed by atoms with van der Waals surface area (Å²) in [7, 11) is 0. The van der Waals surface area contributed by atoms with Crippen molar-refractivity contribution in [1.29, 1.82) is 0 Å². The maximum Gasteiger partial charge on any atom is 0.270 e. The Morgan fingerprint density at radius 2 is 1.56 bits per heavy atom. The molecule has 32 heavy (non-hydrogen) atoms. The summed E-state index contributed by atoms with van der Waals surface area (Å²) in [5.74, 6) is -3.05. The average Bonchev–Trinajstić information content (AvgIpc) is 3.03. The average molecular weight is 440 g/mol. The number of imide groups is 1. The highest BCUT2D eigenvalue weighted by atomic mass is 19.1. The van der Waals surface area contributed by atoms with E-state index in [-0.39, 0.29) is 48.6 Å². The van der Waals surface area contributed by atoms with Gasteiger partial charge in [0.05, 0.1) is 21.6 Å². The Kier molecular flexibility index (Phi) is 5.39. The number of nitrogens with zero attached hydrogens (tertiary/aromatic N) is 4. The second-order valence-corrected chi connectivity index (χ2v) is 7.34. The zero-order chi connectivity index (χ0) is 23.0. The third kappa shape index (κ3) is 3.68. The van der Waals surface area contributed by atoms with Gasteiger partial charge >= 0.3 is 0 Å². The number of benzene rings is 2. The van der Waals surface area contributed by atoms with Crippen LogP contribution in [0.4, 0.5) is 10.1 Å². The van der Waals surface area contributed by atoms with E-state index in [4.69, 9.17) is 0 Å². The molecule has 0 saturated carbocycles. The molecule has 0 N–H and O–H groups in total. The molecule has 0 atom stereocenters. The van der Waals surface area contributed by atoms with Crippen LogP contribution in [0.15, 0.2) is 42.5 Å². The number of fused-ring (bicyclic) bond motifs is 1. The van der Waals surface area contributed by atoms with E-state index in [1.807, 2.05) is 0 Å². The molecular formula is C21H17FN4O6. The minimum Gasteiger partial charge on any atom is -0.338 e. The summed E-state index contributed by atoms with van der Waals surface area (Å²) in [6, 6.07) is 8.98. The zero-order valence-electron chi connectivity index (χ0n) is 16.7. The Morgan fingerprint density at radius 1 is 0.938 bits per heavy atom. The first-order chi connectivity index (χ1) is 15.3. The smallest absolute Gasteiger partial charge is 0.270 e. The van der Waals surface area contributed by atoms with Crippen molar-refractivity contribution < 1.29 is 28.5 Å². The fourth-order valence-corrected chi connectivity index (χ4v) is 3.74. The van der Waals surface area contributed by atoms with E-state index in [2.05, 4.69) is 0 Å². The minimum atomic E-state index is -0.768. The van der Waals surface area contributed by atoms with Crippen LogP contribution in [0.1, 0.15) is 31.1 Å². The van der Waals surface area contributed by atoms with E-state index in [1.54, 1.807) is 6.07 Å². The van der Waals surface area contributed by atoms with E-state index >= 15 is 0 Å². The second kappa shape index (κ2) is 8.17. The van der Waals surface area contributed by atoms with Crippen LogP contribution in [0, 0.1) is 15.9 Å². The van der Waals surface area contributed by atoms with Crippen molar-refractivity contribution in [3.63, 3.8) is 0 Å². The number of nitro groups is 1. The van der Waals surface area contributed by atoms with Gasteiger partial charge in [0.15, 0.2) is 0 Å². The summed E-state index contributed by atoms with van der Waals surface area (Å²) in [6.45, 7) is 0.156. The fraction of sp³-hybridized carbons (Fsp3) is 0.238. The molecule has 4 amide bonds. The molecule has 10 nitrogen and oxygen atoms in total. The van der Waals surface area contributed by atoms with E-state index < -0.39 is 40.9 Å². The van der Waals surface area contributed by atoms with Gasteiger partial charge in [-0.25, -0.2) is 4.39 Å². The molecule has 164 valence electrons.